The molecule has 0 saturated heterocycles. The highest BCUT2D eigenvalue weighted by molar-refractivity contribution is 5.60. The topological polar surface area (TPSA) is 83.7 Å². The molecule has 0 atom stereocenters. The number of nitrogens with two attached hydrogens (primary N) is 1. The quantitative estimate of drug-likeness (QED) is 0.755. The normalized spacial score (nSPS) is 10.6. The zero-order valence-electron chi connectivity index (χ0n) is 12.4. The summed E-state index contributed by atoms with van der Waals surface area (Å²) in [6, 6.07) is 14.2. The van der Waals surface area contributed by atoms with Crippen LogP contribution in [0.1, 0.15) is 12.5 Å². The number of pyridine rings is 1. The minimum atomic E-state index is 0.241. The predicted molar refractivity (Wildman–Crippen MR) is 87.2 cm³/mol. The summed E-state index contributed by atoms with van der Waals surface area (Å²) >= 11 is 0. The van der Waals surface area contributed by atoms with Gasteiger partial charge in [0.1, 0.15) is 5.82 Å². The van der Waals surface area contributed by atoms with Crippen LogP contribution in [-0.2, 0) is 6.54 Å². The number of aromatic amines is 1. The first-order valence-corrected chi connectivity index (χ1v) is 7.19. The molecule has 112 valence electrons. The molecular formula is C16H18N6. The van der Waals surface area contributed by atoms with Crippen LogP contribution in [0.3, 0.4) is 0 Å². The predicted octanol–water partition coefficient (Wildman–Crippen LogP) is 2.48. The van der Waals surface area contributed by atoms with E-state index in [0.29, 0.717) is 5.82 Å². The summed E-state index contributed by atoms with van der Waals surface area (Å²) in [6.45, 7) is 3.79. The lowest BCUT2D eigenvalue weighted by molar-refractivity contribution is 0.814. The van der Waals surface area contributed by atoms with Gasteiger partial charge in [-0.15, -0.1) is 5.10 Å². The maximum absolute atomic E-state index is 5.56. The second-order valence-electron chi connectivity index (χ2n) is 4.94. The maximum Gasteiger partial charge on any atom is 0.239 e. The Morgan fingerprint density at radius 2 is 2.00 bits per heavy atom. The van der Waals surface area contributed by atoms with Gasteiger partial charge in [0.05, 0.1) is 0 Å². The third kappa shape index (κ3) is 3.06. The van der Waals surface area contributed by atoms with Crippen LogP contribution in [0.2, 0.25) is 0 Å². The van der Waals surface area contributed by atoms with Gasteiger partial charge in [0, 0.05) is 24.8 Å². The first kappa shape index (κ1) is 14.1. The number of rotatable bonds is 5. The van der Waals surface area contributed by atoms with Gasteiger partial charge in [-0.25, -0.2) is 4.98 Å². The Morgan fingerprint density at radius 3 is 2.68 bits per heavy atom. The molecule has 3 rings (SSSR count). The number of anilines is 2. The number of nitrogens with one attached hydrogen (secondary N) is 1. The molecule has 0 aliphatic carbocycles. The number of hydrogen-bond donors (Lipinski definition) is 2. The Hall–Kier alpha value is -2.89. The van der Waals surface area contributed by atoms with E-state index in [1.165, 1.54) is 5.56 Å². The molecule has 22 heavy (non-hydrogen) atoms. The lowest BCUT2D eigenvalue weighted by atomic mass is 10.2. The summed E-state index contributed by atoms with van der Waals surface area (Å²) < 4.78 is 0. The Labute approximate surface area is 129 Å². The van der Waals surface area contributed by atoms with Crippen molar-refractivity contribution in [2.45, 2.75) is 13.5 Å². The molecule has 6 heteroatoms. The first-order valence-electron chi connectivity index (χ1n) is 7.19. The van der Waals surface area contributed by atoms with Crippen LogP contribution in [0.25, 0.3) is 11.4 Å². The van der Waals surface area contributed by atoms with E-state index in [1.54, 1.807) is 6.20 Å². The molecule has 1 aromatic carbocycles. The zero-order valence-corrected chi connectivity index (χ0v) is 12.4. The molecule has 3 aromatic rings. The molecular weight excluding hydrogens is 276 g/mol. The van der Waals surface area contributed by atoms with Crippen LogP contribution in [0.5, 0.6) is 0 Å². The Bertz CT molecular complexity index is 737. The molecule has 2 heterocycles. The summed E-state index contributed by atoms with van der Waals surface area (Å²) in [6.07, 6.45) is 1.77. The van der Waals surface area contributed by atoms with Crippen LogP contribution in [0, 0.1) is 0 Å². The van der Waals surface area contributed by atoms with E-state index in [9.17, 15) is 0 Å². The van der Waals surface area contributed by atoms with E-state index >= 15 is 0 Å². The van der Waals surface area contributed by atoms with E-state index in [2.05, 4.69) is 44.1 Å². The summed E-state index contributed by atoms with van der Waals surface area (Å²) in [5.41, 5.74) is 7.73. The molecule has 0 aliphatic heterocycles. The van der Waals surface area contributed by atoms with Gasteiger partial charge >= 0.3 is 0 Å². The van der Waals surface area contributed by atoms with Crippen LogP contribution in [0.15, 0.2) is 48.7 Å². The standard InChI is InChI=1S/C16H18N6/c1-2-22(11-12-6-4-3-5-7-12)14-10-13(8-9-18-14)15-19-16(17)21-20-15/h3-10H,2,11H2,1H3,(H3,17,19,20,21). The third-order valence-corrected chi connectivity index (χ3v) is 3.44. The SMILES string of the molecule is CCN(Cc1ccccc1)c1cc(-c2nc(N)n[nH]2)ccn1. The highest BCUT2D eigenvalue weighted by Crippen LogP contribution is 2.21. The number of aromatic nitrogens is 4. The van der Waals surface area contributed by atoms with E-state index in [4.69, 9.17) is 5.73 Å². The van der Waals surface area contributed by atoms with E-state index in [1.807, 2.05) is 30.3 Å². The summed E-state index contributed by atoms with van der Waals surface area (Å²) in [7, 11) is 0. The highest BCUT2D eigenvalue weighted by atomic mass is 15.3. The van der Waals surface area contributed by atoms with Crippen molar-refractivity contribution in [1.29, 1.82) is 0 Å². The van der Waals surface area contributed by atoms with Gasteiger partial charge in [0.25, 0.3) is 0 Å². The molecule has 0 aliphatic rings. The van der Waals surface area contributed by atoms with Crippen molar-refractivity contribution in [3.63, 3.8) is 0 Å². The molecule has 0 amide bonds. The van der Waals surface area contributed by atoms with Crippen LogP contribution in [0.4, 0.5) is 11.8 Å². The number of nitrogens with zero attached hydrogens (tertiary/aromatic N) is 4. The number of nitrogen functional groups attached to an aromatic ring is 1. The smallest absolute Gasteiger partial charge is 0.239 e. The van der Waals surface area contributed by atoms with Gasteiger partial charge in [-0.1, -0.05) is 30.3 Å². The summed E-state index contributed by atoms with van der Waals surface area (Å²) in [5, 5.41) is 6.69. The van der Waals surface area contributed by atoms with Gasteiger partial charge in [0.15, 0.2) is 5.82 Å². The van der Waals surface area contributed by atoms with Crippen molar-refractivity contribution in [3.8, 4) is 11.4 Å². The Kier molecular flexibility index (Phi) is 4.00. The Balaban J connectivity index is 1.86. The van der Waals surface area contributed by atoms with Crippen molar-refractivity contribution < 1.29 is 0 Å². The highest BCUT2D eigenvalue weighted by Gasteiger charge is 2.10. The van der Waals surface area contributed by atoms with Gasteiger partial charge in [0.2, 0.25) is 5.95 Å². The number of H-pyrrole nitrogens is 1. The van der Waals surface area contributed by atoms with E-state index in [0.717, 1.165) is 24.5 Å². The third-order valence-electron chi connectivity index (χ3n) is 3.44. The average molecular weight is 294 g/mol. The second kappa shape index (κ2) is 6.26. The van der Waals surface area contributed by atoms with Gasteiger partial charge < -0.3 is 10.6 Å². The van der Waals surface area contributed by atoms with Crippen molar-refractivity contribution >= 4 is 11.8 Å². The molecule has 0 saturated carbocycles. The van der Waals surface area contributed by atoms with Crippen LogP contribution < -0.4 is 10.6 Å². The van der Waals surface area contributed by atoms with Crippen LogP contribution in [-0.4, -0.2) is 26.7 Å². The fraction of sp³-hybridized carbons (Fsp3) is 0.188. The van der Waals surface area contributed by atoms with Crippen molar-refractivity contribution in [3.05, 3.63) is 54.2 Å². The molecule has 0 fully saturated rings. The molecule has 6 nitrogen and oxygen atoms in total. The summed E-state index contributed by atoms with van der Waals surface area (Å²) in [4.78, 5) is 10.8. The number of benzene rings is 1. The van der Waals surface area contributed by atoms with Gasteiger partial charge in [-0.3, -0.25) is 5.10 Å². The van der Waals surface area contributed by atoms with Gasteiger partial charge in [-0.05, 0) is 24.6 Å². The fourth-order valence-corrected chi connectivity index (χ4v) is 2.30. The fourth-order valence-electron chi connectivity index (χ4n) is 2.30. The minimum absolute atomic E-state index is 0.241. The van der Waals surface area contributed by atoms with Crippen molar-refractivity contribution in [1.82, 2.24) is 20.2 Å². The Morgan fingerprint density at radius 1 is 1.18 bits per heavy atom. The van der Waals surface area contributed by atoms with Crippen LogP contribution >= 0.6 is 0 Å². The largest absolute Gasteiger partial charge is 0.366 e. The lowest BCUT2D eigenvalue weighted by Crippen LogP contribution is -2.23. The molecule has 3 N–H and O–H groups in total. The van der Waals surface area contributed by atoms with E-state index in [-0.39, 0.29) is 5.95 Å². The zero-order chi connectivity index (χ0) is 15.4. The first-order chi connectivity index (χ1) is 10.8. The average Bonchev–Trinajstić information content (AvgIpc) is 3.00. The lowest BCUT2D eigenvalue weighted by Gasteiger charge is -2.22. The molecule has 0 radical (unpaired) electrons. The van der Waals surface area contributed by atoms with Crippen molar-refractivity contribution in [2.75, 3.05) is 17.2 Å². The monoisotopic (exact) mass is 294 g/mol. The maximum atomic E-state index is 5.56. The van der Waals surface area contributed by atoms with Gasteiger partial charge in [-0.2, -0.15) is 4.98 Å². The molecule has 0 unspecified atom stereocenters. The second-order valence-corrected chi connectivity index (χ2v) is 4.94. The van der Waals surface area contributed by atoms with Crippen molar-refractivity contribution in [2.24, 2.45) is 0 Å². The molecule has 0 bridgehead atoms. The van der Waals surface area contributed by atoms with E-state index < -0.39 is 0 Å². The number of hydrogen-bond acceptors (Lipinski definition) is 5. The summed E-state index contributed by atoms with van der Waals surface area (Å²) in [5.74, 6) is 1.79. The minimum Gasteiger partial charge on any atom is -0.366 e. The molecule has 2 aromatic heterocycles. The molecule has 0 spiro atoms.